The van der Waals surface area contributed by atoms with Crippen molar-refractivity contribution in [2.75, 3.05) is 5.73 Å². The first-order valence-corrected chi connectivity index (χ1v) is 8.83. The van der Waals surface area contributed by atoms with Gasteiger partial charge in [-0.25, -0.2) is 9.97 Å². The third-order valence-corrected chi connectivity index (χ3v) is 4.64. The Morgan fingerprint density at radius 2 is 2.00 bits per heavy atom. The number of nitrogens with zero attached hydrogens (tertiary/aromatic N) is 5. The van der Waals surface area contributed by atoms with E-state index in [1.165, 1.54) is 11.8 Å². The summed E-state index contributed by atoms with van der Waals surface area (Å²) in [6.45, 7) is 4.37. The summed E-state index contributed by atoms with van der Waals surface area (Å²) >= 11 is 10.7. The van der Waals surface area contributed by atoms with Gasteiger partial charge in [0.2, 0.25) is 5.95 Å². The van der Waals surface area contributed by atoms with Crippen LogP contribution in [-0.2, 0) is 6.54 Å². The van der Waals surface area contributed by atoms with Gasteiger partial charge in [0, 0.05) is 22.6 Å². The molecule has 0 atom stereocenters. The third kappa shape index (κ3) is 3.77. The van der Waals surface area contributed by atoms with Crippen molar-refractivity contribution >= 4 is 45.2 Å². The van der Waals surface area contributed by atoms with Crippen LogP contribution in [0.1, 0.15) is 0 Å². The lowest BCUT2D eigenvalue weighted by Gasteiger charge is -2.08. The number of aromatic nitrogens is 5. The number of nitrogen functional groups attached to an aromatic ring is 1. The molecule has 0 saturated heterocycles. The van der Waals surface area contributed by atoms with E-state index < -0.39 is 0 Å². The van der Waals surface area contributed by atoms with E-state index >= 15 is 0 Å². The van der Waals surface area contributed by atoms with Gasteiger partial charge in [0.25, 0.3) is 0 Å². The van der Waals surface area contributed by atoms with Crippen LogP contribution >= 0.6 is 39.3 Å². The molecular formula is C15H12BrClN6S. The zero-order chi connectivity index (χ0) is 17.1. The van der Waals surface area contributed by atoms with Crippen LogP contribution in [0, 0.1) is 0 Å². The predicted molar refractivity (Wildman–Crippen MR) is 98.9 cm³/mol. The summed E-state index contributed by atoms with van der Waals surface area (Å²) in [5.41, 5.74) is 6.59. The lowest BCUT2D eigenvalue weighted by molar-refractivity contribution is 0.730. The molecule has 2 N–H and O–H groups in total. The van der Waals surface area contributed by atoms with Crippen molar-refractivity contribution in [1.82, 2.24) is 24.7 Å². The molecule has 9 heteroatoms. The minimum Gasteiger partial charge on any atom is -0.368 e. The van der Waals surface area contributed by atoms with Crippen molar-refractivity contribution in [1.29, 1.82) is 0 Å². The highest BCUT2D eigenvalue weighted by atomic mass is 79.9. The molecule has 0 aliphatic rings. The second-order valence-corrected chi connectivity index (χ2v) is 6.99. The van der Waals surface area contributed by atoms with E-state index in [2.05, 4.69) is 42.7 Å². The van der Waals surface area contributed by atoms with Crippen LogP contribution in [0.4, 0.5) is 5.95 Å². The molecular weight excluding hydrogens is 412 g/mol. The van der Waals surface area contributed by atoms with E-state index in [9.17, 15) is 0 Å². The van der Waals surface area contributed by atoms with Gasteiger partial charge < -0.3 is 5.73 Å². The van der Waals surface area contributed by atoms with Gasteiger partial charge >= 0.3 is 0 Å². The number of allylic oxidation sites excluding steroid dienone is 1. The van der Waals surface area contributed by atoms with Crippen molar-refractivity contribution in [3.8, 4) is 11.4 Å². The van der Waals surface area contributed by atoms with E-state index in [0.717, 1.165) is 15.9 Å². The highest BCUT2D eigenvalue weighted by molar-refractivity contribution is 9.10. The third-order valence-electron chi connectivity index (χ3n) is 3.02. The summed E-state index contributed by atoms with van der Waals surface area (Å²) in [6.07, 6.45) is 1.79. The zero-order valence-electron chi connectivity index (χ0n) is 12.4. The standard InChI is InChI=1S/C15H12BrClN6S/c1-2-7-23-13(9-3-5-10(16)6-4-9)21-22-15(23)24-12-8-11(17)19-14(18)20-12/h2-6,8H,1,7H2,(H2,18,19,20). The number of hydrogen-bond acceptors (Lipinski definition) is 6. The fraction of sp³-hybridized carbons (Fsp3) is 0.0667. The molecule has 3 rings (SSSR count). The van der Waals surface area contributed by atoms with Crippen LogP contribution < -0.4 is 5.73 Å². The van der Waals surface area contributed by atoms with Gasteiger partial charge in [-0.1, -0.05) is 45.7 Å². The molecule has 6 nitrogen and oxygen atoms in total. The van der Waals surface area contributed by atoms with E-state index in [1.54, 1.807) is 12.1 Å². The van der Waals surface area contributed by atoms with Gasteiger partial charge in [-0.2, -0.15) is 0 Å². The van der Waals surface area contributed by atoms with Gasteiger partial charge in [0.15, 0.2) is 11.0 Å². The first kappa shape index (κ1) is 16.9. The Morgan fingerprint density at radius 1 is 1.25 bits per heavy atom. The van der Waals surface area contributed by atoms with E-state index in [-0.39, 0.29) is 11.1 Å². The molecule has 0 amide bonds. The van der Waals surface area contributed by atoms with E-state index in [1.807, 2.05) is 28.8 Å². The number of nitrogens with two attached hydrogens (primary N) is 1. The number of benzene rings is 1. The molecule has 0 bridgehead atoms. The molecule has 2 heterocycles. The van der Waals surface area contributed by atoms with Crippen molar-refractivity contribution in [2.24, 2.45) is 0 Å². The molecule has 0 fully saturated rings. The first-order valence-electron chi connectivity index (χ1n) is 6.85. The molecule has 0 aliphatic carbocycles. The summed E-state index contributed by atoms with van der Waals surface area (Å²) in [6, 6.07) is 9.50. The van der Waals surface area contributed by atoms with Crippen LogP contribution in [0.2, 0.25) is 5.15 Å². The van der Waals surface area contributed by atoms with Crippen molar-refractivity contribution in [3.05, 3.63) is 52.6 Å². The average Bonchev–Trinajstić information content (AvgIpc) is 2.90. The fourth-order valence-corrected chi connectivity index (χ4v) is 3.40. The molecule has 24 heavy (non-hydrogen) atoms. The van der Waals surface area contributed by atoms with Gasteiger partial charge in [-0.05, 0) is 23.9 Å². The Morgan fingerprint density at radius 3 is 2.67 bits per heavy atom. The minimum absolute atomic E-state index is 0.118. The lowest BCUT2D eigenvalue weighted by atomic mass is 10.2. The Balaban J connectivity index is 1.99. The number of hydrogen-bond donors (Lipinski definition) is 1. The van der Waals surface area contributed by atoms with Crippen LogP contribution in [0.25, 0.3) is 11.4 Å². The van der Waals surface area contributed by atoms with E-state index in [4.69, 9.17) is 17.3 Å². The first-order chi connectivity index (χ1) is 11.6. The second-order valence-electron chi connectivity index (χ2n) is 4.70. The molecule has 0 radical (unpaired) electrons. The summed E-state index contributed by atoms with van der Waals surface area (Å²) in [5.74, 6) is 0.867. The Labute approximate surface area is 156 Å². The maximum absolute atomic E-state index is 5.93. The van der Waals surface area contributed by atoms with Crippen molar-refractivity contribution in [2.45, 2.75) is 16.7 Å². The molecule has 0 saturated carbocycles. The van der Waals surface area contributed by atoms with Crippen LogP contribution in [0.5, 0.6) is 0 Å². The maximum atomic E-state index is 5.93. The summed E-state index contributed by atoms with van der Waals surface area (Å²) in [5, 5.41) is 10.1. The summed E-state index contributed by atoms with van der Waals surface area (Å²) in [7, 11) is 0. The van der Waals surface area contributed by atoms with Crippen LogP contribution in [0.15, 0.2) is 57.6 Å². The molecule has 0 spiro atoms. The highest BCUT2D eigenvalue weighted by Crippen LogP contribution is 2.30. The van der Waals surface area contributed by atoms with Gasteiger partial charge in [-0.15, -0.1) is 16.8 Å². The van der Waals surface area contributed by atoms with Gasteiger partial charge in [0.05, 0.1) is 0 Å². The Hall–Kier alpha value is -1.90. The molecule has 1 aromatic carbocycles. The average molecular weight is 424 g/mol. The molecule has 0 unspecified atom stereocenters. The normalized spacial score (nSPS) is 10.8. The highest BCUT2D eigenvalue weighted by Gasteiger charge is 2.15. The Kier molecular flexibility index (Phi) is 5.17. The van der Waals surface area contributed by atoms with E-state index in [0.29, 0.717) is 16.7 Å². The lowest BCUT2D eigenvalue weighted by Crippen LogP contribution is -2.01. The number of anilines is 1. The van der Waals surface area contributed by atoms with Gasteiger partial charge in [-0.3, -0.25) is 4.57 Å². The number of halogens is 2. The second kappa shape index (κ2) is 7.33. The molecule has 3 aromatic rings. The predicted octanol–water partition coefficient (Wildman–Crippen LogP) is 4.07. The largest absolute Gasteiger partial charge is 0.368 e. The summed E-state index contributed by atoms with van der Waals surface area (Å²) < 4.78 is 2.95. The smallest absolute Gasteiger partial charge is 0.222 e. The molecule has 122 valence electrons. The SMILES string of the molecule is C=CCn1c(Sc2cc(Cl)nc(N)n2)nnc1-c1ccc(Br)cc1. The number of rotatable bonds is 5. The van der Waals surface area contributed by atoms with Crippen LogP contribution in [-0.4, -0.2) is 24.7 Å². The fourth-order valence-electron chi connectivity index (χ4n) is 2.03. The van der Waals surface area contributed by atoms with Crippen molar-refractivity contribution in [3.63, 3.8) is 0 Å². The molecule has 2 aromatic heterocycles. The topological polar surface area (TPSA) is 82.5 Å². The zero-order valence-corrected chi connectivity index (χ0v) is 15.5. The minimum atomic E-state index is 0.118. The maximum Gasteiger partial charge on any atom is 0.222 e. The quantitative estimate of drug-likeness (QED) is 0.492. The monoisotopic (exact) mass is 422 g/mol. The van der Waals surface area contributed by atoms with Crippen molar-refractivity contribution < 1.29 is 0 Å². The summed E-state index contributed by atoms with van der Waals surface area (Å²) in [4.78, 5) is 8.01. The molecule has 0 aliphatic heterocycles. The van der Waals surface area contributed by atoms with Crippen LogP contribution in [0.3, 0.4) is 0 Å². The Bertz CT molecular complexity index is 860. The van der Waals surface area contributed by atoms with Gasteiger partial charge in [0.1, 0.15) is 10.2 Å².